The van der Waals surface area contributed by atoms with Gasteiger partial charge in [-0.3, -0.25) is 4.79 Å². The molecule has 5 heteroatoms. The molecule has 5 nitrogen and oxygen atoms in total. The Labute approximate surface area is 111 Å². The van der Waals surface area contributed by atoms with E-state index in [-0.39, 0.29) is 18.9 Å². The number of hydrogen-bond acceptors (Lipinski definition) is 4. The highest BCUT2D eigenvalue weighted by Gasteiger charge is 2.27. The molecule has 0 saturated carbocycles. The maximum Gasteiger partial charge on any atom is 0.416 e. The van der Waals surface area contributed by atoms with Crippen LogP contribution in [-0.2, 0) is 9.53 Å². The van der Waals surface area contributed by atoms with Crippen LogP contribution in [0, 0.1) is 0 Å². The summed E-state index contributed by atoms with van der Waals surface area (Å²) in [6.45, 7) is 0.607. The summed E-state index contributed by atoms with van der Waals surface area (Å²) in [6, 6.07) is 9.32. The third-order valence-corrected chi connectivity index (χ3v) is 3.11. The second-order valence-electron chi connectivity index (χ2n) is 4.48. The third kappa shape index (κ3) is 3.54. The van der Waals surface area contributed by atoms with Crippen molar-refractivity contribution in [1.82, 2.24) is 4.90 Å². The number of amides is 2. The minimum absolute atomic E-state index is 0.234. The Hall–Kier alpha value is -1.88. The second kappa shape index (κ2) is 6.33. The average Bonchev–Trinajstić information content (AvgIpc) is 2.86. The van der Waals surface area contributed by atoms with E-state index in [1.165, 1.54) is 0 Å². The summed E-state index contributed by atoms with van der Waals surface area (Å²) in [5, 5.41) is 9.93. The first-order chi connectivity index (χ1) is 9.18. The van der Waals surface area contributed by atoms with Crippen LogP contribution in [0.4, 0.5) is 4.79 Å². The molecule has 1 atom stereocenters. The van der Waals surface area contributed by atoms with Gasteiger partial charge in [-0.1, -0.05) is 30.3 Å². The zero-order chi connectivity index (χ0) is 13.7. The van der Waals surface area contributed by atoms with E-state index < -0.39 is 12.2 Å². The van der Waals surface area contributed by atoms with Crippen LogP contribution in [0.5, 0.6) is 0 Å². The number of benzene rings is 1. The topological polar surface area (TPSA) is 66.8 Å². The maximum absolute atomic E-state index is 11.7. The largest absolute Gasteiger partial charge is 0.447 e. The van der Waals surface area contributed by atoms with Crippen molar-refractivity contribution in [3.05, 3.63) is 35.9 Å². The summed E-state index contributed by atoms with van der Waals surface area (Å²) in [4.78, 5) is 24.0. The van der Waals surface area contributed by atoms with Crippen LogP contribution in [0.2, 0.25) is 0 Å². The SMILES string of the molecule is O=C(CCCC(O)c1ccccc1)N1CCOC1=O. The van der Waals surface area contributed by atoms with Gasteiger partial charge < -0.3 is 9.84 Å². The third-order valence-electron chi connectivity index (χ3n) is 3.11. The first-order valence-corrected chi connectivity index (χ1v) is 6.38. The normalized spacial score (nSPS) is 16.3. The number of ether oxygens (including phenoxy) is 1. The van der Waals surface area contributed by atoms with E-state index >= 15 is 0 Å². The lowest BCUT2D eigenvalue weighted by atomic mass is 10.0. The number of cyclic esters (lactones) is 1. The number of carbonyl (C=O) groups is 2. The Morgan fingerprint density at radius 2 is 2.11 bits per heavy atom. The predicted octanol–water partition coefficient (Wildman–Crippen LogP) is 1.87. The highest BCUT2D eigenvalue weighted by atomic mass is 16.6. The highest BCUT2D eigenvalue weighted by Crippen LogP contribution is 2.19. The Morgan fingerprint density at radius 3 is 2.74 bits per heavy atom. The number of nitrogens with zero attached hydrogens (tertiary/aromatic N) is 1. The number of rotatable bonds is 5. The van der Waals surface area contributed by atoms with Gasteiger partial charge in [0.2, 0.25) is 5.91 Å². The fraction of sp³-hybridized carbons (Fsp3) is 0.429. The van der Waals surface area contributed by atoms with E-state index in [0.29, 0.717) is 19.4 Å². The molecule has 1 fully saturated rings. The molecule has 1 N–H and O–H groups in total. The molecular weight excluding hydrogens is 246 g/mol. The summed E-state index contributed by atoms with van der Waals surface area (Å²) >= 11 is 0. The van der Waals surface area contributed by atoms with Crippen molar-refractivity contribution >= 4 is 12.0 Å². The van der Waals surface area contributed by atoms with Crippen LogP contribution in [0.1, 0.15) is 30.9 Å². The molecule has 1 saturated heterocycles. The zero-order valence-electron chi connectivity index (χ0n) is 10.6. The van der Waals surface area contributed by atoms with Gasteiger partial charge in [0, 0.05) is 6.42 Å². The fourth-order valence-electron chi connectivity index (χ4n) is 2.04. The van der Waals surface area contributed by atoms with Gasteiger partial charge in [0.15, 0.2) is 0 Å². The number of aliphatic hydroxyl groups is 1. The van der Waals surface area contributed by atoms with Crippen molar-refractivity contribution in [2.75, 3.05) is 13.2 Å². The van der Waals surface area contributed by atoms with Crippen LogP contribution in [0.25, 0.3) is 0 Å². The van der Waals surface area contributed by atoms with Gasteiger partial charge in [-0.2, -0.15) is 0 Å². The quantitative estimate of drug-likeness (QED) is 0.880. The van der Waals surface area contributed by atoms with Crippen LogP contribution >= 0.6 is 0 Å². The molecule has 1 unspecified atom stereocenters. The molecule has 1 aliphatic heterocycles. The summed E-state index contributed by atoms with van der Waals surface area (Å²) in [7, 11) is 0. The van der Waals surface area contributed by atoms with Crippen molar-refractivity contribution in [3.8, 4) is 0 Å². The van der Waals surface area contributed by atoms with Crippen LogP contribution in [0.15, 0.2) is 30.3 Å². The van der Waals surface area contributed by atoms with Gasteiger partial charge in [-0.05, 0) is 18.4 Å². The number of hydrogen-bond donors (Lipinski definition) is 1. The molecule has 102 valence electrons. The molecule has 19 heavy (non-hydrogen) atoms. The van der Waals surface area contributed by atoms with Crippen LogP contribution in [0.3, 0.4) is 0 Å². The Morgan fingerprint density at radius 1 is 1.37 bits per heavy atom. The molecule has 2 rings (SSSR count). The zero-order valence-corrected chi connectivity index (χ0v) is 10.6. The summed E-state index contributed by atoms with van der Waals surface area (Å²) in [5.74, 6) is -0.234. The van der Waals surface area contributed by atoms with Crippen molar-refractivity contribution < 1.29 is 19.4 Å². The first kappa shape index (κ1) is 13.5. The van der Waals surface area contributed by atoms with Crippen molar-refractivity contribution in [1.29, 1.82) is 0 Å². The van der Waals surface area contributed by atoms with Crippen molar-refractivity contribution in [2.45, 2.75) is 25.4 Å². The van der Waals surface area contributed by atoms with E-state index in [2.05, 4.69) is 0 Å². The van der Waals surface area contributed by atoms with E-state index in [1.54, 1.807) is 0 Å². The molecule has 1 aromatic carbocycles. The van der Waals surface area contributed by atoms with Gasteiger partial charge in [-0.15, -0.1) is 0 Å². The molecule has 0 aliphatic carbocycles. The maximum atomic E-state index is 11.7. The van der Waals surface area contributed by atoms with Crippen molar-refractivity contribution in [2.24, 2.45) is 0 Å². The Balaban J connectivity index is 1.74. The summed E-state index contributed by atoms with van der Waals surface area (Å²) in [5.41, 5.74) is 0.843. The monoisotopic (exact) mass is 263 g/mol. The Kier molecular flexibility index (Phi) is 4.52. The summed E-state index contributed by atoms with van der Waals surface area (Å²) < 4.78 is 4.70. The summed E-state index contributed by atoms with van der Waals surface area (Å²) in [6.07, 6.45) is 0.157. The van der Waals surface area contributed by atoms with Gasteiger partial charge >= 0.3 is 6.09 Å². The smallest absolute Gasteiger partial charge is 0.416 e. The van der Waals surface area contributed by atoms with Crippen LogP contribution in [-0.4, -0.2) is 35.2 Å². The Bertz CT molecular complexity index is 446. The fourth-order valence-corrected chi connectivity index (χ4v) is 2.04. The molecule has 0 spiro atoms. The van der Waals surface area contributed by atoms with E-state index in [0.717, 1.165) is 10.5 Å². The molecule has 0 aromatic heterocycles. The van der Waals surface area contributed by atoms with E-state index in [9.17, 15) is 14.7 Å². The van der Waals surface area contributed by atoms with E-state index in [4.69, 9.17) is 4.74 Å². The van der Waals surface area contributed by atoms with Gasteiger partial charge in [0.25, 0.3) is 0 Å². The molecule has 1 aliphatic rings. The molecule has 0 radical (unpaired) electrons. The lowest BCUT2D eigenvalue weighted by Gasteiger charge is -2.12. The molecule has 1 heterocycles. The second-order valence-corrected chi connectivity index (χ2v) is 4.48. The molecule has 2 amide bonds. The number of imide groups is 1. The minimum atomic E-state index is -0.570. The predicted molar refractivity (Wildman–Crippen MR) is 68.3 cm³/mol. The number of aliphatic hydroxyl groups excluding tert-OH is 1. The molecular formula is C14H17NO4. The lowest BCUT2D eigenvalue weighted by molar-refractivity contribution is -0.127. The molecule has 1 aromatic rings. The standard InChI is InChI=1S/C14H17NO4/c16-12(11-5-2-1-3-6-11)7-4-8-13(17)15-9-10-19-14(15)18/h1-3,5-6,12,16H,4,7-10H2. The van der Waals surface area contributed by atoms with E-state index in [1.807, 2.05) is 30.3 Å². The van der Waals surface area contributed by atoms with Gasteiger partial charge in [-0.25, -0.2) is 9.69 Å². The minimum Gasteiger partial charge on any atom is -0.447 e. The lowest BCUT2D eigenvalue weighted by Crippen LogP contribution is -2.31. The first-order valence-electron chi connectivity index (χ1n) is 6.38. The van der Waals surface area contributed by atoms with Crippen molar-refractivity contribution in [3.63, 3.8) is 0 Å². The highest BCUT2D eigenvalue weighted by molar-refractivity contribution is 5.92. The molecule has 0 bridgehead atoms. The van der Waals surface area contributed by atoms with Gasteiger partial charge in [0.05, 0.1) is 12.6 Å². The van der Waals surface area contributed by atoms with Crippen LogP contribution < -0.4 is 0 Å². The average molecular weight is 263 g/mol. The number of carbonyl (C=O) groups excluding carboxylic acids is 2. The van der Waals surface area contributed by atoms with Gasteiger partial charge in [0.1, 0.15) is 6.61 Å².